The lowest BCUT2D eigenvalue weighted by Crippen LogP contribution is -2.61. The van der Waals surface area contributed by atoms with E-state index in [0.717, 1.165) is 0 Å². The maximum atomic E-state index is 13.9. The molecule has 45 heavy (non-hydrogen) atoms. The molecular weight excluding hydrogens is 606 g/mol. The molecule has 3 amide bonds. The van der Waals surface area contributed by atoms with Crippen LogP contribution in [-0.2, 0) is 24.0 Å². The van der Waals surface area contributed by atoms with E-state index in [1.54, 1.807) is 45.9 Å². The molecule has 13 nitrogen and oxygen atoms in total. The Morgan fingerprint density at radius 2 is 1.87 bits per heavy atom. The number of halogens is 1. The third-order valence-electron chi connectivity index (χ3n) is 7.75. The van der Waals surface area contributed by atoms with E-state index in [1.807, 2.05) is 20.8 Å². The Balaban J connectivity index is 1.98. The summed E-state index contributed by atoms with van der Waals surface area (Å²) in [6.07, 6.45) is -1.14. The smallest absolute Gasteiger partial charge is 0.408 e. The predicted octanol–water partition coefficient (Wildman–Crippen LogP) is 2.88. The van der Waals surface area contributed by atoms with Gasteiger partial charge in [-0.1, -0.05) is 50.9 Å². The van der Waals surface area contributed by atoms with Crippen molar-refractivity contribution in [2.75, 3.05) is 13.7 Å². The Bertz CT molecular complexity index is 1320. The number of benzene rings is 1. The summed E-state index contributed by atoms with van der Waals surface area (Å²) in [4.78, 5) is 58.5. The monoisotopic (exact) mass is 651 g/mol. The number of oxime groups is 1. The normalized spacial score (nSPS) is 22.2. The van der Waals surface area contributed by atoms with Crippen LogP contribution in [0.3, 0.4) is 0 Å². The number of primary amides is 1. The third-order valence-corrected chi connectivity index (χ3v) is 7.98. The molecular formula is C31H46ClN5O8. The lowest BCUT2D eigenvalue weighted by atomic mass is 9.85. The molecule has 1 aromatic carbocycles. The number of methoxy groups -OCH3 is 1. The van der Waals surface area contributed by atoms with Crippen molar-refractivity contribution in [1.29, 1.82) is 0 Å². The van der Waals surface area contributed by atoms with Crippen LogP contribution in [0.4, 0.5) is 4.79 Å². The molecule has 1 saturated heterocycles. The highest BCUT2D eigenvalue weighted by Gasteiger charge is 2.56. The zero-order chi connectivity index (χ0) is 33.9. The van der Waals surface area contributed by atoms with Crippen molar-refractivity contribution >= 4 is 41.0 Å². The Morgan fingerprint density at radius 1 is 1.20 bits per heavy atom. The molecule has 5 atom stereocenters. The number of hydrogen-bond acceptors (Lipinski definition) is 10. The minimum absolute atomic E-state index is 0.0346. The Hall–Kier alpha value is -3.42. The number of carbonyl (C=O) groups excluding carboxylic acids is 4. The van der Waals surface area contributed by atoms with Crippen LogP contribution in [0.2, 0.25) is 5.02 Å². The second kappa shape index (κ2) is 13.9. The summed E-state index contributed by atoms with van der Waals surface area (Å²) >= 11 is 6.26. The van der Waals surface area contributed by atoms with Crippen molar-refractivity contribution in [2.24, 2.45) is 16.3 Å². The highest BCUT2D eigenvalue weighted by atomic mass is 35.5. The molecule has 5 N–H and O–H groups in total. The minimum Gasteiger partial charge on any atom is -0.496 e. The van der Waals surface area contributed by atoms with Gasteiger partial charge < -0.3 is 35.8 Å². The van der Waals surface area contributed by atoms with E-state index >= 15 is 0 Å². The SMILES string of the molecule is CCC[C@H](NC(=O)[C@@H]1C[C@]2(CC(c3cc(Cl)ccc3OC)=NO2)CN1C(O)[C@@H](NC(=O)OC(C)(C)C)C(C)(C)C)C(=O)C(N)=O. The number of nitrogens with one attached hydrogen (secondary N) is 2. The quantitative estimate of drug-likeness (QED) is 0.262. The Kier molecular flexibility index (Phi) is 11.2. The van der Waals surface area contributed by atoms with Crippen molar-refractivity contribution in [1.82, 2.24) is 15.5 Å². The van der Waals surface area contributed by atoms with E-state index in [9.17, 15) is 24.3 Å². The van der Waals surface area contributed by atoms with Gasteiger partial charge in [-0.15, -0.1) is 0 Å². The van der Waals surface area contributed by atoms with E-state index in [4.69, 9.17) is 31.6 Å². The van der Waals surface area contributed by atoms with Crippen LogP contribution >= 0.6 is 11.6 Å². The number of carbonyl (C=O) groups is 4. The lowest BCUT2D eigenvalue weighted by Gasteiger charge is -2.41. The fourth-order valence-electron chi connectivity index (χ4n) is 5.63. The maximum Gasteiger partial charge on any atom is 0.408 e. The molecule has 14 heteroatoms. The number of nitrogens with two attached hydrogens (primary N) is 1. The fourth-order valence-corrected chi connectivity index (χ4v) is 5.80. The number of hydrogen-bond donors (Lipinski definition) is 4. The van der Waals surface area contributed by atoms with E-state index < -0.39 is 64.7 Å². The fraction of sp³-hybridized carbons (Fsp3) is 0.645. The van der Waals surface area contributed by atoms with Gasteiger partial charge in [0.25, 0.3) is 5.91 Å². The number of ketones is 1. The van der Waals surface area contributed by atoms with Gasteiger partial charge in [0.1, 0.15) is 17.6 Å². The molecule has 1 spiro atoms. The highest BCUT2D eigenvalue weighted by Crippen LogP contribution is 2.42. The summed E-state index contributed by atoms with van der Waals surface area (Å²) in [7, 11) is 1.53. The topological polar surface area (TPSA) is 182 Å². The van der Waals surface area contributed by atoms with Crippen molar-refractivity contribution in [3.63, 3.8) is 0 Å². The minimum atomic E-state index is -1.41. The molecule has 2 heterocycles. The summed E-state index contributed by atoms with van der Waals surface area (Å²) in [5.74, 6) is -2.15. The first-order valence-corrected chi connectivity index (χ1v) is 15.3. The molecule has 0 radical (unpaired) electrons. The molecule has 0 saturated carbocycles. The van der Waals surface area contributed by atoms with Crippen molar-refractivity contribution in [3.8, 4) is 5.75 Å². The van der Waals surface area contributed by atoms with Gasteiger partial charge in [-0.05, 0) is 50.8 Å². The number of likely N-dealkylation sites (tertiary alicyclic amines) is 1. The van der Waals surface area contributed by atoms with Crippen LogP contribution in [0.25, 0.3) is 0 Å². The largest absolute Gasteiger partial charge is 0.496 e. The maximum absolute atomic E-state index is 13.9. The van der Waals surface area contributed by atoms with Gasteiger partial charge in [-0.25, -0.2) is 4.79 Å². The lowest BCUT2D eigenvalue weighted by molar-refractivity contribution is -0.140. The number of ether oxygens (including phenoxy) is 2. The highest BCUT2D eigenvalue weighted by molar-refractivity contribution is 6.37. The number of alkyl carbamates (subject to hydrolysis) is 1. The van der Waals surface area contributed by atoms with Gasteiger partial charge in [-0.2, -0.15) is 0 Å². The van der Waals surface area contributed by atoms with Crippen LogP contribution < -0.4 is 21.1 Å². The van der Waals surface area contributed by atoms with E-state index in [-0.39, 0.29) is 25.8 Å². The first kappa shape index (κ1) is 36.1. The number of aliphatic hydroxyl groups excluding tert-OH is 1. The molecule has 3 rings (SSSR count). The van der Waals surface area contributed by atoms with Gasteiger partial charge >= 0.3 is 6.09 Å². The van der Waals surface area contributed by atoms with Crippen molar-refractivity contribution < 1.29 is 38.6 Å². The molecule has 2 aliphatic heterocycles. The van der Waals surface area contributed by atoms with Crippen LogP contribution in [0.5, 0.6) is 5.75 Å². The average Bonchev–Trinajstić information content (AvgIpc) is 3.52. The van der Waals surface area contributed by atoms with E-state index in [0.29, 0.717) is 28.5 Å². The molecule has 0 bridgehead atoms. The van der Waals surface area contributed by atoms with Crippen molar-refractivity contribution in [2.45, 2.75) is 110 Å². The molecule has 0 aromatic heterocycles. The number of aliphatic hydroxyl groups is 1. The number of Topliss-reactive ketones (excluding diaryl/α,β-unsaturated/α-hetero) is 1. The molecule has 2 aliphatic rings. The number of nitrogens with zero attached hydrogens (tertiary/aromatic N) is 2. The Morgan fingerprint density at radius 3 is 2.42 bits per heavy atom. The first-order chi connectivity index (χ1) is 20.8. The van der Waals surface area contributed by atoms with Crippen LogP contribution in [0.1, 0.15) is 79.7 Å². The third kappa shape index (κ3) is 8.86. The number of amides is 3. The van der Waals surface area contributed by atoms with Gasteiger partial charge in [0, 0.05) is 30.0 Å². The van der Waals surface area contributed by atoms with Crippen molar-refractivity contribution in [3.05, 3.63) is 28.8 Å². The van der Waals surface area contributed by atoms with E-state index in [1.165, 1.54) is 12.0 Å². The summed E-state index contributed by atoms with van der Waals surface area (Å²) in [6.45, 7) is 12.5. The van der Waals surface area contributed by atoms with Gasteiger partial charge in [0.15, 0.2) is 5.60 Å². The average molecular weight is 652 g/mol. The molecule has 1 aromatic rings. The summed E-state index contributed by atoms with van der Waals surface area (Å²) in [5.41, 5.74) is 3.86. The standard InChI is InChI=1S/C31H46ClN5O8/c1-9-10-19(23(38)25(33)39)34-26(40)21-15-31(14-20(36-45-31)18-13-17(32)11-12-22(18)43-8)16-37(21)27(41)24(29(2,3)4)35-28(42)44-30(5,6)7/h11-13,19,21,24,27,41H,9-10,14-16H2,1-8H3,(H2,33,39)(H,34,40)(H,35,42)/t19-,21-,24+,27?,31+/m0/s1. The molecule has 1 unspecified atom stereocenters. The second-order valence-electron chi connectivity index (χ2n) is 13.7. The van der Waals surface area contributed by atoms with Crippen LogP contribution in [-0.4, -0.2) is 88.6 Å². The van der Waals surface area contributed by atoms with Crippen LogP contribution in [0, 0.1) is 5.41 Å². The second-order valence-corrected chi connectivity index (χ2v) is 14.1. The van der Waals surface area contributed by atoms with Crippen LogP contribution in [0.15, 0.2) is 23.4 Å². The van der Waals surface area contributed by atoms with Gasteiger partial charge in [-0.3, -0.25) is 19.3 Å². The van der Waals surface area contributed by atoms with Gasteiger partial charge in [0.05, 0.1) is 30.9 Å². The zero-order valence-electron chi connectivity index (χ0n) is 27.2. The number of rotatable bonds is 11. The zero-order valence-corrected chi connectivity index (χ0v) is 28.0. The summed E-state index contributed by atoms with van der Waals surface area (Å²) < 4.78 is 11.0. The molecule has 1 fully saturated rings. The molecule has 0 aliphatic carbocycles. The summed E-state index contributed by atoms with van der Waals surface area (Å²) in [5, 5.41) is 22.1. The first-order valence-electron chi connectivity index (χ1n) is 15.0. The van der Waals surface area contributed by atoms with Gasteiger partial charge in [0.2, 0.25) is 11.7 Å². The summed E-state index contributed by atoms with van der Waals surface area (Å²) in [6, 6.07) is 2.02. The molecule has 250 valence electrons. The Labute approximate surface area is 269 Å². The predicted molar refractivity (Wildman–Crippen MR) is 168 cm³/mol. The van der Waals surface area contributed by atoms with E-state index in [2.05, 4.69) is 15.8 Å².